The van der Waals surface area contributed by atoms with Gasteiger partial charge in [-0.2, -0.15) is 0 Å². The van der Waals surface area contributed by atoms with E-state index in [1.165, 1.54) is 0 Å². The lowest BCUT2D eigenvalue weighted by Crippen LogP contribution is -2.26. The fourth-order valence-corrected chi connectivity index (χ4v) is 2.28. The Kier molecular flexibility index (Phi) is 2.66. The van der Waals surface area contributed by atoms with Crippen LogP contribution in [0.2, 0.25) is 0 Å². The summed E-state index contributed by atoms with van der Waals surface area (Å²) in [6.07, 6.45) is 1.51. The molecule has 2 nitrogen and oxygen atoms in total. The predicted octanol–water partition coefficient (Wildman–Crippen LogP) is 2.87. The van der Waals surface area contributed by atoms with Gasteiger partial charge in [0.25, 0.3) is 0 Å². The van der Waals surface area contributed by atoms with Gasteiger partial charge < -0.3 is 0 Å². The molecule has 0 aliphatic heterocycles. The third-order valence-corrected chi connectivity index (χ3v) is 3.42. The molecule has 0 N–H and O–H groups in total. The Bertz CT molecular complexity index is 418. The van der Waals surface area contributed by atoms with Crippen LogP contribution in [0.3, 0.4) is 0 Å². The molecule has 1 atom stereocenters. The summed E-state index contributed by atoms with van der Waals surface area (Å²) in [5.74, 6) is -0.338. The summed E-state index contributed by atoms with van der Waals surface area (Å²) >= 11 is 0. The van der Waals surface area contributed by atoms with Crippen molar-refractivity contribution in [3.05, 3.63) is 35.9 Å². The molecular weight excluding hydrogens is 200 g/mol. The summed E-state index contributed by atoms with van der Waals surface area (Å²) < 4.78 is 0. The zero-order valence-electron chi connectivity index (χ0n) is 9.69. The highest BCUT2D eigenvalue weighted by Gasteiger charge is 2.43. The van der Waals surface area contributed by atoms with E-state index in [-0.39, 0.29) is 17.0 Å². The molecule has 16 heavy (non-hydrogen) atoms. The molecule has 2 heteroatoms. The first kappa shape index (κ1) is 11.1. The Balaban J connectivity index is 2.23. The Hall–Kier alpha value is -1.44. The van der Waals surface area contributed by atoms with Gasteiger partial charge in [0.05, 0.1) is 5.92 Å². The van der Waals surface area contributed by atoms with E-state index in [4.69, 9.17) is 0 Å². The highest BCUT2D eigenvalue weighted by atomic mass is 16.2. The largest absolute Gasteiger partial charge is 0.298 e. The van der Waals surface area contributed by atoms with Crippen LogP contribution >= 0.6 is 0 Å². The second-order valence-electron chi connectivity index (χ2n) is 5.07. The van der Waals surface area contributed by atoms with Crippen molar-refractivity contribution in [2.24, 2.45) is 11.3 Å². The van der Waals surface area contributed by atoms with Crippen LogP contribution in [0.1, 0.15) is 37.0 Å². The molecule has 1 aliphatic carbocycles. The van der Waals surface area contributed by atoms with E-state index in [9.17, 15) is 9.59 Å². The summed E-state index contributed by atoms with van der Waals surface area (Å²) in [6, 6.07) is 9.09. The van der Waals surface area contributed by atoms with Crippen LogP contribution in [-0.4, -0.2) is 11.6 Å². The van der Waals surface area contributed by atoms with E-state index in [0.29, 0.717) is 12.0 Å². The summed E-state index contributed by atoms with van der Waals surface area (Å²) in [7, 11) is 0. The minimum atomic E-state index is -0.419. The van der Waals surface area contributed by atoms with Gasteiger partial charge in [-0.1, -0.05) is 44.2 Å². The maximum Gasteiger partial charge on any atom is 0.173 e. The van der Waals surface area contributed by atoms with Crippen LogP contribution < -0.4 is 0 Å². The lowest BCUT2D eigenvalue weighted by molar-refractivity contribution is -0.126. The Morgan fingerprint density at radius 2 is 1.88 bits per heavy atom. The van der Waals surface area contributed by atoms with Crippen LogP contribution in [0, 0.1) is 11.3 Å². The van der Waals surface area contributed by atoms with Crippen molar-refractivity contribution in [2.75, 3.05) is 0 Å². The standard InChI is InChI=1S/C14H16O2/c1-14(2)9-8-11(13(14)16)12(15)10-6-4-3-5-7-10/h3-7,11H,8-9H2,1-2H3. The van der Waals surface area contributed by atoms with E-state index in [1.807, 2.05) is 32.0 Å². The number of hydrogen-bond donors (Lipinski definition) is 0. The van der Waals surface area contributed by atoms with Crippen molar-refractivity contribution in [3.63, 3.8) is 0 Å². The zero-order valence-corrected chi connectivity index (χ0v) is 9.69. The van der Waals surface area contributed by atoms with E-state index in [0.717, 1.165) is 6.42 Å². The predicted molar refractivity (Wildman–Crippen MR) is 62.3 cm³/mol. The first-order chi connectivity index (χ1) is 7.52. The van der Waals surface area contributed by atoms with E-state index >= 15 is 0 Å². The number of benzene rings is 1. The third-order valence-electron chi connectivity index (χ3n) is 3.42. The summed E-state index contributed by atoms with van der Waals surface area (Å²) in [4.78, 5) is 24.1. The highest BCUT2D eigenvalue weighted by Crippen LogP contribution is 2.38. The molecule has 1 aromatic carbocycles. The molecule has 0 heterocycles. The first-order valence-corrected chi connectivity index (χ1v) is 5.66. The molecule has 0 radical (unpaired) electrons. The maximum absolute atomic E-state index is 12.1. The number of carbonyl (C=O) groups is 2. The summed E-state index contributed by atoms with van der Waals surface area (Å²) in [5, 5.41) is 0. The molecule has 0 aromatic heterocycles. The normalized spacial score (nSPS) is 23.4. The minimum Gasteiger partial charge on any atom is -0.298 e. The van der Waals surface area contributed by atoms with Crippen LogP contribution in [0.5, 0.6) is 0 Å². The molecule has 0 spiro atoms. The van der Waals surface area contributed by atoms with Gasteiger partial charge in [0.2, 0.25) is 0 Å². The average molecular weight is 216 g/mol. The zero-order chi connectivity index (χ0) is 11.8. The third kappa shape index (κ3) is 1.80. The molecule has 1 aliphatic rings. The van der Waals surface area contributed by atoms with Gasteiger partial charge in [0.15, 0.2) is 5.78 Å². The number of rotatable bonds is 2. The van der Waals surface area contributed by atoms with Crippen molar-refractivity contribution in [1.29, 1.82) is 0 Å². The SMILES string of the molecule is CC1(C)CCC(C(=O)c2ccccc2)C1=O. The Labute approximate surface area is 95.7 Å². The fourth-order valence-electron chi connectivity index (χ4n) is 2.28. The van der Waals surface area contributed by atoms with Crippen molar-refractivity contribution >= 4 is 11.6 Å². The molecule has 84 valence electrons. The van der Waals surface area contributed by atoms with E-state index in [1.54, 1.807) is 12.1 Å². The molecule has 0 bridgehead atoms. The second-order valence-corrected chi connectivity index (χ2v) is 5.07. The number of ketones is 2. The van der Waals surface area contributed by atoms with Gasteiger partial charge in [0.1, 0.15) is 5.78 Å². The highest BCUT2D eigenvalue weighted by molar-refractivity contribution is 6.13. The van der Waals surface area contributed by atoms with Crippen LogP contribution in [0.25, 0.3) is 0 Å². The van der Waals surface area contributed by atoms with Gasteiger partial charge in [-0.3, -0.25) is 9.59 Å². The Morgan fingerprint density at radius 3 is 2.38 bits per heavy atom. The van der Waals surface area contributed by atoms with Gasteiger partial charge in [-0.15, -0.1) is 0 Å². The maximum atomic E-state index is 12.1. The van der Waals surface area contributed by atoms with Crippen molar-refractivity contribution in [1.82, 2.24) is 0 Å². The van der Waals surface area contributed by atoms with Gasteiger partial charge in [-0.25, -0.2) is 0 Å². The lowest BCUT2D eigenvalue weighted by atomic mass is 9.87. The Morgan fingerprint density at radius 1 is 1.25 bits per heavy atom. The average Bonchev–Trinajstić information content (AvgIpc) is 2.55. The first-order valence-electron chi connectivity index (χ1n) is 5.66. The van der Waals surface area contributed by atoms with Crippen LogP contribution in [0.15, 0.2) is 30.3 Å². The fraction of sp³-hybridized carbons (Fsp3) is 0.429. The van der Waals surface area contributed by atoms with Crippen molar-refractivity contribution in [3.8, 4) is 0 Å². The molecule has 0 saturated heterocycles. The number of hydrogen-bond acceptors (Lipinski definition) is 2. The van der Waals surface area contributed by atoms with Gasteiger partial charge in [0, 0.05) is 11.0 Å². The van der Waals surface area contributed by atoms with Gasteiger partial charge in [-0.05, 0) is 12.8 Å². The lowest BCUT2D eigenvalue weighted by Gasteiger charge is -2.15. The molecule has 1 unspecified atom stereocenters. The van der Waals surface area contributed by atoms with E-state index in [2.05, 4.69) is 0 Å². The molecule has 1 fully saturated rings. The molecule has 1 saturated carbocycles. The van der Waals surface area contributed by atoms with Crippen LogP contribution in [-0.2, 0) is 4.79 Å². The summed E-state index contributed by atoms with van der Waals surface area (Å²) in [6.45, 7) is 3.85. The monoisotopic (exact) mass is 216 g/mol. The van der Waals surface area contributed by atoms with E-state index < -0.39 is 5.92 Å². The summed E-state index contributed by atoms with van der Waals surface area (Å²) in [5.41, 5.74) is 0.327. The smallest absolute Gasteiger partial charge is 0.173 e. The second kappa shape index (κ2) is 3.85. The molecule has 1 aromatic rings. The topological polar surface area (TPSA) is 34.1 Å². The van der Waals surface area contributed by atoms with Crippen LogP contribution in [0.4, 0.5) is 0 Å². The number of carbonyl (C=O) groups excluding carboxylic acids is 2. The molecule has 2 rings (SSSR count). The number of Topliss-reactive ketones (excluding diaryl/α,β-unsaturated/α-hetero) is 2. The minimum absolute atomic E-state index is 0.0174. The molecular formula is C14H16O2. The van der Waals surface area contributed by atoms with Crippen molar-refractivity contribution in [2.45, 2.75) is 26.7 Å². The molecule has 0 amide bonds. The van der Waals surface area contributed by atoms with Gasteiger partial charge >= 0.3 is 0 Å². The quantitative estimate of drug-likeness (QED) is 0.562. The van der Waals surface area contributed by atoms with Crippen molar-refractivity contribution < 1.29 is 9.59 Å².